The molecule has 4 heteroatoms. The molecular weight excluding hydrogens is 216 g/mol. The van der Waals surface area contributed by atoms with E-state index in [9.17, 15) is 0 Å². The van der Waals surface area contributed by atoms with E-state index in [4.69, 9.17) is 17.4 Å². The quantitative estimate of drug-likeness (QED) is 0.617. The van der Waals surface area contributed by atoms with Crippen LogP contribution in [0.3, 0.4) is 0 Å². The van der Waals surface area contributed by atoms with E-state index in [-0.39, 0.29) is 6.04 Å². The van der Waals surface area contributed by atoms with Crippen molar-refractivity contribution in [2.75, 3.05) is 0 Å². The van der Waals surface area contributed by atoms with Crippen molar-refractivity contribution in [3.8, 4) is 0 Å². The molecule has 1 unspecified atom stereocenters. The minimum absolute atomic E-state index is 0.244. The van der Waals surface area contributed by atoms with Crippen molar-refractivity contribution in [2.24, 2.45) is 11.8 Å². The zero-order valence-corrected chi connectivity index (χ0v) is 9.79. The Labute approximate surface area is 93.4 Å². The summed E-state index contributed by atoms with van der Waals surface area (Å²) in [5, 5.41) is 2.98. The lowest BCUT2D eigenvalue weighted by Crippen LogP contribution is -2.27. The van der Waals surface area contributed by atoms with E-state index in [1.807, 2.05) is 6.92 Å². The van der Waals surface area contributed by atoms with E-state index in [1.165, 1.54) is 17.7 Å². The highest BCUT2D eigenvalue weighted by Crippen LogP contribution is 2.41. The van der Waals surface area contributed by atoms with E-state index in [2.05, 4.69) is 10.8 Å². The SMILES string of the molecule is Cc1csc(C(CC2CC2)NN)c1Cl. The van der Waals surface area contributed by atoms with Crippen LogP contribution in [0.2, 0.25) is 5.02 Å². The van der Waals surface area contributed by atoms with Gasteiger partial charge in [0.2, 0.25) is 0 Å². The summed E-state index contributed by atoms with van der Waals surface area (Å²) in [6.07, 6.45) is 3.82. The Hall–Kier alpha value is -0.0900. The highest BCUT2D eigenvalue weighted by atomic mass is 35.5. The van der Waals surface area contributed by atoms with Crippen LogP contribution in [-0.2, 0) is 0 Å². The van der Waals surface area contributed by atoms with Crippen LogP contribution in [0, 0.1) is 12.8 Å². The lowest BCUT2D eigenvalue weighted by atomic mass is 10.1. The maximum atomic E-state index is 6.20. The van der Waals surface area contributed by atoms with Crippen LogP contribution in [0.15, 0.2) is 5.38 Å². The summed E-state index contributed by atoms with van der Waals surface area (Å²) in [4.78, 5) is 1.19. The van der Waals surface area contributed by atoms with Crippen LogP contribution in [0.4, 0.5) is 0 Å². The van der Waals surface area contributed by atoms with Crippen molar-refractivity contribution >= 4 is 22.9 Å². The van der Waals surface area contributed by atoms with Gasteiger partial charge in [0, 0.05) is 4.88 Å². The molecule has 0 aromatic carbocycles. The molecule has 0 saturated heterocycles. The number of aryl methyl sites for hydroxylation is 1. The summed E-state index contributed by atoms with van der Waals surface area (Å²) in [5.74, 6) is 6.41. The van der Waals surface area contributed by atoms with Gasteiger partial charge in [-0.3, -0.25) is 11.3 Å². The molecule has 3 N–H and O–H groups in total. The number of hydrogen-bond donors (Lipinski definition) is 2. The summed E-state index contributed by atoms with van der Waals surface area (Å²) in [7, 11) is 0. The number of halogens is 1. The van der Waals surface area contributed by atoms with Gasteiger partial charge in [-0.1, -0.05) is 24.4 Å². The molecule has 0 aliphatic heterocycles. The minimum atomic E-state index is 0.244. The number of thiophene rings is 1. The molecule has 2 rings (SSSR count). The van der Waals surface area contributed by atoms with Gasteiger partial charge >= 0.3 is 0 Å². The second kappa shape index (κ2) is 4.19. The first-order chi connectivity index (χ1) is 6.72. The first-order valence-electron chi connectivity index (χ1n) is 4.92. The van der Waals surface area contributed by atoms with E-state index < -0.39 is 0 Å². The third-order valence-electron chi connectivity index (χ3n) is 2.71. The number of hydrazine groups is 1. The first-order valence-corrected chi connectivity index (χ1v) is 6.17. The highest BCUT2D eigenvalue weighted by molar-refractivity contribution is 7.10. The zero-order valence-electron chi connectivity index (χ0n) is 8.22. The third-order valence-corrected chi connectivity index (χ3v) is 4.54. The summed E-state index contributed by atoms with van der Waals surface area (Å²) >= 11 is 7.91. The molecule has 1 atom stereocenters. The minimum Gasteiger partial charge on any atom is -0.271 e. The Morgan fingerprint density at radius 1 is 1.71 bits per heavy atom. The summed E-state index contributed by atoms with van der Waals surface area (Å²) < 4.78 is 0. The van der Waals surface area contributed by atoms with Crippen LogP contribution in [0.1, 0.15) is 35.7 Å². The molecule has 1 saturated carbocycles. The van der Waals surface area contributed by atoms with Gasteiger partial charge in [-0.25, -0.2) is 0 Å². The average Bonchev–Trinajstić information content (AvgIpc) is 2.94. The molecule has 0 radical (unpaired) electrons. The fraction of sp³-hybridized carbons (Fsp3) is 0.600. The normalized spacial score (nSPS) is 18.5. The van der Waals surface area contributed by atoms with Crippen LogP contribution in [0.25, 0.3) is 0 Å². The Morgan fingerprint density at radius 2 is 2.43 bits per heavy atom. The van der Waals surface area contributed by atoms with Crippen molar-refractivity contribution < 1.29 is 0 Å². The van der Waals surface area contributed by atoms with E-state index in [1.54, 1.807) is 11.3 Å². The van der Waals surface area contributed by atoms with Crippen molar-refractivity contribution in [3.05, 3.63) is 20.8 Å². The standard InChI is InChI=1S/C10H15ClN2S/c1-6-5-14-10(9(6)11)8(13-12)4-7-2-3-7/h5,7-8,13H,2-4,12H2,1H3. The monoisotopic (exact) mass is 230 g/mol. The molecule has 1 heterocycles. The predicted molar refractivity (Wildman–Crippen MR) is 61.5 cm³/mol. The Balaban J connectivity index is 2.12. The molecule has 1 aliphatic carbocycles. The van der Waals surface area contributed by atoms with Crippen LogP contribution in [-0.4, -0.2) is 0 Å². The van der Waals surface area contributed by atoms with Gasteiger partial charge < -0.3 is 0 Å². The Bertz CT molecular complexity index is 320. The number of rotatable bonds is 4. The molecule has 2 nitrogen and oxygen atoms in total. The van der Waals surface area contributed by atoms with E-state index in [0.717, 1.165) is 22.9 Å². The summed E-state index contributed by atoms with van der Waals surface area (Å²) in [6.45, 7) is 2.03. The lowest BCUT2D eigenvalue weighted by molar-refractivity contribution is 0.494. The van der Waals surface area contributed by atoms with Gasteiger partial charge in [-0.2, -0.15) is 0 Å². The predicted octanol–water partition coefficient (Wildman–Crippen LogP) is 3.01. The molecule has 1 aromatic heterocycles. The van der Waals surface area contributed by atoms with Crippen molar-refractivity contribution in [2.45, 2.75) is 32.2 Å². The number of nitrogens with two attached hydrogens (primary N) is 1. The molecule has 1 aromatic rings. The van der Waals surface area contributed by atoms with Crippen molar-refractivity contribution in [3.63, 3.8) is 0 Å². The van der Waals surface area contributed by atoms with Crippen LogP contribution in [0.5, 0.6) is 0 Å². The van der Waals surface area contributed by atoms with Gasteiger partial charge in [0.25, 0.3) is 0 Å². The first kappa shape index (κ1) is 10.4. The zero-order chi connectivity index (χ0) is 10.1. The number of nitrogens with one attached hydrogen (secondary N) is 1. The molecule has 0 bridgehead atoms. The molecule has 1 aliphatic rings. The summed E-state index contributed by atoms with van der Waals surface area (Å²) in [6, 6.07) is 0.244. The molecule has 1 fully saturated rings. The van der Waals surface area contributed by atoms with Crippen molar-refractivity contribution in [1.29, 1.82) is 0 Å². The fourth-order valence-electron chi connectivity index (χ4n) is 1.62. The fourth-order valence-corrected chi connectivity index (χ4v) is 3.02. The molecule has 14 heavy (non-hydrogen) atoms. The van der Waals surface area contributed by atoms with Gasteiger partial charge in [-0.15, -0.1) is 11.3 Å². The van der Waals surface area contributed by atoms with Gasteiger partial charge in [0.15, 0.2) is 0 Å². The van der Waals surface area contributed by atoms with E-state index >= 15 is 0 Å². The third kappa shape index (κ3) is 2.11. The smallest absolute Gasteiger partial charge is 0.0590 e. The molecule has 0 spiro atoms. The van der Waals surface area contributed by atoms with Crippen LogP contribution < -0.4 is 11.3 Å². The topological polar surface area (TPSA) is 38.0 Å². The molecule has 0 amide bonds. The Morgan fingerprint density at radius 3 is 2.86 bits per heavy atom. The maximum Gasteiger partial charge on any atom is 0.0590 e. The largest absolute Gasteiger partial charge is 0.271 e. The second-order valence-electron chi connectivity index (χ2n) is 4.00. The summed E-state index contributed by atoms with van der Waals surface area (Å²) in [5.41, 5.74) is 4.03. The average molecular weight is 231 g/mol. The van der Waals surface area contributed by atoms with Gasteiger partial charge in [-0.05, 0) is 30.2 Å². The Kier molecular flexibility index (Phi) is 3.12. The van der Waals surface area contributed by atoms with Gasteiger partial charge in [0.1, 0.15) is 0 Å². The lowest BCUT2D eigenvalue weighted by Gasteiger charge is -2.14. The van der Waals surface area contributed by atoms with Crippen molar-refractivity contribution in [1.82, 2.24) is 5.43 Å². The van der Waals surface area contributed by atoms with E-state index in [0.29, 0.717) is 0 Å². The molecular formula is C10H15ClN2S. The van der Waals surface area contributed by atoms with Crippen LogP contribution >= 0.6 is 22.9 Å². The number of hydrogen-bond acceptors (Lipinski definition) is 3. The molecule has 78 valence electrons. The van der Waals surface area contributed by atoms with Gasteiger partial charge in [0.05, 0.1) is 11.1 Å². The highest BCUT2D eigenvalue weighted by Gasteiger charge is 2.27. The second-order valence-corrected chi connectivity index (χ2v) is 5.28. The maximum absolute atomic E-state index is 6.20.